The second kappa shape index (κ2) is 9.59. The lowest BCUT2D eigenvalue weighted by Gasteiger charge is -2.17. The largest absolute Gasteiger partial charge is 0.486 e. The van der Waals surface area contributed by atoms with E-state index in [1.807, 2.05) is 6.92 Å². The van der Waals surface area contributed by atoms with Gasteiger partial charge >= 0.3 is 5.97 Å². The predicted molar refractivity (Wildman–Crippen MR) is 82.5 cm³/mol. The molecule has 0 heterocycles. The molecule has 0 saturated carbocycles. The normalized spacial score (nSPS) is 12.5. The lowest BCUT2D eigenvalue weighted by molar-refractivity contribution is -0.140. The topological polar surface area (TPSA) is 72.0 Å². The number of hydrogen-bond donors (Lipinski definition) is 2. The van der Waals surface area contributed by atoms with Crippen LogP contribution in [0.3, 0.4) is 0 Å². The molecule has 6 nitrogen and oxygen atoms in total. The summed E-state index contributed by atoms with van der Waals surface area (Å²) >= 11 is 0. The van der Waals surface area contributed by atoms with Gasteiger partial charge in [-0.25, -0.2) is 4.39 Å². The molecular formula is C15H22FN3O3. The molecule has 0 aromatic heterocycles. The minimum absolute atomic E-state index is 0.213. The van der Waals surface area contributed by atoms with Gasteiger partial charge in [0.25, 0.3) is 0 Å². The van der Waals surface area contributed by atoms with Crippen LogP contribution < -0.4 is 15.4 Å². The van der Waals surface area contributed by atoms with Crippen molar-refractivity contribution < 1.29 is 18.7 Å². The maximum atomic E-state index is 13.5. The van der Waals surface area contributed by atoms with Crippen molar-refractivity contribution in [2.75, 3.05) is 27.2 Å². The van der Waals surface area contributed by atoms with Crippen LogP contribution in [0.5, 0.6) is 5.75 Å². The van der Waals surface area contributed by atoms with E-state index >= 15 is 0 Å². The van der Waals surface area contributed by atoms with E-state index in [0.717, 1.165) is 0 Å². The Morgan fingerprint density at radius 2 is 2.09 bits per heavy atom. The first-order chi connectivity index (χ1) is 10.6. The van der Waals surface area contributed by atoms with Crippen LogP contribution in [-0.4, -0.2) is 45.3 Å². The van der Waals surface area contributed by atoms with Crippen molar-refractivity contribution in [2.24, 2.45) is 4.99 Å². The SMILES string of the molecule is CN=C(NCCC(=O)OC)NCC(C)Oc1ccccc1F. The summed E-state index contributed by atoms with van der Waals surface area (Å²) in [5.41, 5.74) is 0. The van der Waals surface area contributed by atoms with Crippen molar-refractivity contribution >= 4 is 11.9 Å². The summed E-state index contributed by atoms with van der Waals surface area (Å²) in [5, 5.41) is 6.01. The molecule has 1 aromatic carbocycles. The Morgan fingerprint density at radius 3 is 2.73 bits per heavy atom. The predicted octanol–water partition coefficient (Wildman–Crippen LogP) is 1.32. The second-order valence-corrected chi connectivity index (χ2v) is 4.56. The fraction of sp³-hybridized carbons (Fsp3) is 0.467. The lowest BCUT2D eigenvalue weighted by Crippen LogP contribution is -2.42. The first kappa shape index (κ1) is 17.7. The molecule has 0 aliphatic carbocycles. The van der Waals surface area contributed by atoms with Crippen LogP contribution in [0, 0.1) is 5.82 Å². The third kappa shape index (κ3) is 6.43. The number of halogens is 1. The van der Waals surface area contributed by atoms with Crippen molar-refractivity contribution in [1.29, 1.82) is 0 Å². The number of methoxy groups -OCH3 is 1. The van der Waals surface area contributed by atoms with Crippen LogP contribution in [0.4, 0.5) is 4.39 Å². The van der Waals surface area contributed by atoms with Crippen molar-refractivity contribution in [3.05, 3.63) is 30.1 Å². The van der Waals surface area contributed by atoms with Gasteiger partial charge in [-0.2, -0.15) is 0 Å². The fourth-order valence-electron chi connectivity index (χ4n) is 1.64. The summed E-state index contributed by atoms with van der Waals surface area (Å²) in [7, 11) is 2.97. The number of rotatable bonds is 7. The van der Waals surface area contributed by atoms with Crippen molar-refractivity contribution in [2.45, 2.75) is 19.4 Å². The molecule has 1 unspecified atom stereocenters. The molecular weight excluding hydrogens is 289 g/mol. The summed E-state index contributed by atoms with van der Waals surface area (Å²) in [6, 6.07) is 6.25. The molecule has 0 spiro atoms. The highest BCUT2D eigenvalue weighted by Crippen LogP contribution is 2.16. The molecule has 0 aliphatic heterocycles. The number of ether oxygens (including phenoxy) is 2. The maximum Gasteiger partial charge on any atom is 0.307 e. The second-order valence-electron chi connectivity index (χ2n) is 4.56. The Hall–Kier alpha value is -2.31. The third-order valence-electron chi connectivity index (χ3n) is 2.79. The highest BCUT2D eigenvalue weighted by atomic mass is 19.1. The van der Waals surface area contributed by atoms with Crippen LogP contribution in [0.1, 0.15) is 13.3 Å². The molecule has 22 heavy (non-hydrogen) atoms. The number of hydrogen-bond acceptors (Lipinski definition) is 4. The van der Waals surface area contributed by atoms with E-state index in [1.165, 1.54) is 13.2 Å². The molecule has 0 fully saturated rings. The summed E-state index contributed by atoms with van der Waals surface area (Å²) in [6.45, 7) is 2.67. The molecule has 0 bridgehead atoms. The van der Waals surface area contributed by atoms with Gasteiger partial charge in [-0.15, -0.1) is 0 Å². The Balaban J connectivity index is 2.33. The zero-order chi connectivity index (χ0) is 16.4. The zero-order valence-electron chi connectivity index (χ0n) is 13.1. The van der Waals surface area contributed by atoms with Crippen molar-refractivity contribution in [3.63, 3.8) is 0 Å². The molecule has 7 heteroatoms. The van der Waals surface area contributed by atoms with Gasteiger partial charge in [0.05, 0.1) is 20.1 Å². The fourth-order valence-corrected chi connectivity index (χ4v) is 1.64. The van der Waals surface area contributed by atoms with E-state index in [0.29, 0.717) is 19.0 Å². The van der Waals surface area contributed by atoms with E-state index in [4.69, 9.17) is 4.74 Å². The monoisotopic (exact) mass is 311 g/mol. The number of nitrogens with one attached hydrogen (secondary N) is 2. The van der Waals surface area contributed by atoms with Gasteiger partial charge in [-0.1, -0.05) is 12.1 Å². The van der Waals surface area contributed by atoms with E-state index in [-0.39, 0.29) is 24.2 Å². The van der Waals surface area contributed by atoms with Gasteiger partial charge in [-0.3, -0.25) is 9.79 Å². The molecule has 2 N–H and O–H groups in total. The molecule has 1 rings (SSSR count). The van der Waals surface area contributed by atoms with Gasteiger partial charge in [0.15, 0.2) is 17.5 Å². The van der Waals surface area contributed by atoms with Crippen LogP contribution in [0.15, 0.2) is 29.3 Å². The average molecular weight is 311 g/mol. The van der Waals surface area contributed by atoms with Gasteiger partial charge in [0, 0.05) is 13.6 Å². The number of para-hydroxylation sites is 1. The summed E-state index contributed by atoms with van der Waals surface area (Å²) < 4.78 is 23.5. The Kier molecular flexibility index (Phi) is 7.74. The minimum Gasteiger partial charge on any atom is -0.486 e. The number of carbonyl (C=O) groups is 1. The summed E-state index contributed by atoms with van der Waals surface area (Å²) in [4.78, 5) is 15.0. The van der Waals surface area contributed by atoms with Gasteiger partial charge in [-0.05, 0) is 19.1 Å². The van der Waals surface area contributed by atoms with Crippen LogP contribution in [-0.2, 0) is 9.53 Å². The molecule has 0 aliphatic rings. The number of esters is 1. The number of benzene rings is 1. The van der Waals surface area contributed by atoms with Crippen molar-refractivity contribution in [1.82, 2.24) is 10.6 Å². The van der Waals surface area contributed by atoms with E-state index in [2.05, 4.69) is 20.4 Å². The molecule has 0 radical (unpaired) electrons. The zero-order valence-corrected chi connectivity index (χ0v) is 13.1. The summed E-state index contributed by atoms with van der Waals surface area (Å²) in [5.74, 6) is 0.0625. The average Bonchev–Trinajstić information content (AvgIpc) is 2.52. The highest BCUT2D eigenvalue weighted by molar-refractivity contribution is 5.80. The van der Waals surface area contributed by atoms with E-state index in [1.54, 1.807) is 25.2 Å². The van der Waals surface area contributed by atoms with Gasteiger partial charge in [0.1, 0.15) is 6.10 Å². The molecule has 0 amide bonds. The highest BCUT2D eigenvalue weighted by Gasteiger charge is 2.09. The number of aliphatic imine (C=N–C) groups is 1. The third-order valence-corrected chi connectivity index (χ3v) is 2.79. The lowest BCUT2D eigenvalue weighted by atomic mass is 10.3. The Morgan fingerprint density at radius 1 is 1.36 bits per heavy atom. The number of carbonyl (C=O) groups excluding carboxylic acids is 1. The number of nitrogens with zero attached hydrogens (tertiary/aromatic N) is 1. The number of guanidine groups is 1. The molecule has 1 aromatic rings. The standard InChI is InChI=1S/C15H22FN3O3/c1-11(22-13-7-5-4-6-12(13)16)10-19-15(17-2)18-9-8-14(20)21-3/h4-7,11H,8-10H2,1-3H3,(H2,17,18,19). The van der Waals surface area contributed by atoms with Gasteiger partial charge in [0.2, 0.25) is 0 Å². The first-order valence-electron chi connectivity index (χ1n) is 6.99. The quantitative estimate of drug-likeness (QED) is 0.451. The minimum atomic E-state index is -0.394. The maximum absolute atomic E-state index is 13.5. The van der Waals surface area contributed by atoms with E-state index < -0.39 is 5.82 Å². The molecule has 0 saturated heterocycles. The van der Waals surface area contributed by atoms with Crippen molar-refractivity contribution in [3.8, 4) is 5.75 Å². The van der Waals surface area contributed by atoms with Crippen LogP contribution in [0.25, 0.3) is 0 Å². The Labute approximate surface area is 129 Å². The Bertz CT molecular complexity index is 509. The summed E-state index contributed by atoms with van der Waals surface area (Å²) in [6.07, 6.45) is -0.00516. The van der Waals surface area contributed by atoms with E-state index in [9.17, 15) is 9.18 Å². The van der Waals surface area contributed by atoms with Crippen LogP contribution >= 0.6 is 0 Å². The molecule has 1 atom stereocenters. The van der Waals surface area contributed by atoms with Crippen LogP contribution in [0.2, 0.25) is 0 Å². The molecule has 122 valence electrons. The smallest absolute Gasteiger partial charge is 0.307 e. The first-order valence-corrected chi connectivity index (χ1v) is 6.99. The van der Waals surface area contributed by atoms with Gasteiger partial charge < -0.3 is 20.1 Å².